The van der Waals surface area contributed by atoms with Gasteiger partial charge in [0, 0.05) is 15.4 Å². The molecule has 0 spiro atoms. The summed E-state index contributed by atoms with van der Waals surface area (Å²) >= 11 is 6.59. The maximum absolute atomic E-state index is 12.2. The molecule has 0 heterocycles. The second kappa shape index (κ2) is 6.35. The van der Waals surface area contributed by atoms with E-state index in [1.165, 1.54) is 6.07 Å². The predicted octanol–water partition coefficient (Wildman–Crippen LogP) is 4.85. The van der Waals surface area contributed by atoms with E-state index in [0.717, 1.165) is 10.0 Å². The first kappa shape index (κ1) is 13.6. The summed E-state index contributed by atoms with van der Waals surface area (Å²) in [6.07, 6.45) is 1.80. The van der Waals surface area contributed by atoms with Crippen molar-refractivity contribution >= 4 is 37.9 Å². The monoisotopic (exact) mass is 354 g/mol. The molecule has 0 unspecified atom stereocenters. The van der Waals surface area contributed by atoms with Gasteiger partial charge in [-0.15, -0.1) is 0 Å². The first-order chi connectivity index (χ1) is 7.52. The van der Waals surface area contributed by atoms with E-state index < -0.39 is 6.61 Å². The summed E-state index contributed by atoms with van der Waals surface area (Å²) in [4.78, 5) is 0. The highest BCUT2D eigenvalue weighted by Crippen LogP contribution is 2.27. The van der Waals surface area contributed by atoms with E-state index >= 15 is 0 Å². The summed E-state index contributed by atoms with van der Waals surface area (Å²) < 4.78 is 29.6. The van der Waals surface area contributed by atoms with Crippen molar-refractivity contribution in [2.75, 3.05) is 5.33 Å². The zero-order valence-corrected chi connectivity index (χ0v) is 11.7. The lowest BCUT2D eigenvalue weighted by Crippen LogP contribution is -2.03. The molecule has 1 aromatic carbocycles. The Morgan fingerprint density at radius 2 is 2.19 bits per heavy atom. The van der Waals surface area contributed by atoms with Gasteiger partial charge in [0.05, 0.1) is 0 Å². The van der Waals surface area contributed by atoms with Crippen molar-refractivity contribution in [1.82, 2.24) is 0 Å². The van der Waals surface area contributed by atoms with E-state index in [0.29, 0.717) is 10.9 Å². The first-order valence-corrected chi connectivity index (χ1v) is 6.42. The summed E-state index contributed by atoms with van der Waals surface area (Å²) in [6, 6.07) is 4.92. The number of allylic oxidation sites excluding steroid dienone is 1. The molecule has 0 aromatic heterocycles. The minimum atomic E-state index is -2.81. The molecule has 0 radical (unpaired) electrons. The third kappa shape index (κ3) is 4.22. The Labute approximate surface area is 110 Å². The van der Waals surface area contributed by atoms with Gasteiger partial charge in [0.1, 0.15) is 5.75 Å². The molecule has 0 amide bonds. The second-order valence-corrected chi connectivity index (χ2v) is 4.66. The van der Waals surface area contributed by atoms with Crippen LogP contribution >= 0.6 is 31.9 Å². The lowest BCUT2D eigenvalue weighted by atomic mass is 10.1. The second-order valence-electron chi connectivity index (χ2n) is 3.18. The molecule has 5 heteroatoms. The summed E-state index contributed by atoms with van der Waals surface area (Å²) in [7, 11) is 0. The first-order valence-electron chi connectivity index (χ1n) is 4.50. The molecule has 0 aliphatic carbocycles. The maximum atomic E-state index is 12.2. The summed E-state index contributed by atoms with van der Waals surface area (Å²) in [5, 5.41) is 0.688. The highest BCUT2D eigenvalue weighted by atomic mass is 79.9. The van der Waals surface area contributed by atoms with Crippen molar-refractivity contribution in [2.45, 2.75) is 13.5 Å². The topological polar surface area (TPSA) is 9.23 Å². The van der Waals surface area contributed by atoms with Crippen molar-refractivity contribution in [2.24, 2.45) is 0 Å². The van der Waals surface area contributed by atoms with Gasteiger partial charge in [-0.05, 0) is 25.1 Å². The zero-order chi connectivity index (χ0) is 12.1. The molecule has 0 atom stereocenters. The number of hydrogen-bond acceptors (Lipinski definition) is 1. The van der Waals surface area contributed by atoms with Crippen LogP contribution in [0.2, 0.25) is 0 Å². The number of alkyl halides is 3. The fourth-order valence-electron chi connectivity index (χ4n) is 1.14. The fraction of sp³-hybridized carbons (Fsp3) is 0.273. The van der Waals surface area contributed by atoms with E-state index in [4.69, 9.17) is 0 Å². The fourth-order valence-corrected chi connectivity index (χ4v) is 1.68. The van der Waals surface area contributed by atoms with Gasteiger partial charge in [0.15, 0.2) is 0 Å². The van der Waals surface area contributed by atoms with Crippen molar-refractivity contribution in [3.8, 4) is 5.75 Å². The number of hydrogen-bond donors (Lipinski definition) is 0. The molecule has 0 fully saturated rings. The van der Waals surface area contributed by atoms with Gasteiger partial charge in [0.25, 0.3) is 0 Å². The average Bonchev–Trinajstić information content (AvgIpc) is 2.21. The van der Waals surface area contributed by atoms with E-state index in [9.17, 15) is 8.78 Å². The largest absolute Gasteiger partial charge is 0.434 e. The van der Waals surface area contributed by atoms with Crippen molar-refractivity contribution in [1.29, 1.82) is 0 Å². The lowest BCUT2D eigenvalue weighted by Gasteiger charge is -2.09. The standard InChI is InChI=1S/C11H10Br2F2O/c1-7(6-12)4-8-5-9(13)2-3-10(8)16-11(14)15/h2-5,11H,6H2,1H3. The van der Waals surface area contributed by atoms with Gasteiger partial charge >= 0.3 is 6.61 Å². The Kier molecular flexibility index (Phi) is 5.41. The van der Waals surface area contributed by atoms with Crippen LogP contribution in [-0.2, 0) is 0 Å². The lowest BCUT2D eigenvalue weighted by molar-refractivity contribution is -0.0500. The Balaban J connectivity index is 3.08. The predicted molar refractivity (Wildman–Crippen MR) is 68.2 cm³/mol. The number of ether oxygens (including phenoxy) is 1. The quantitative estimate of drug-likeness (QED) is 0.701. The van der Waals surface area contributed by atoms with E-state index in [-0.39, 0.29) is 5.75 Å². The van der Waals surface area contributed by atoms with Crippen LogP contribution in [0.15, 0.2) is 28.2 Å². The Morgan fingerprint density at radius 3 is 2.75 bits per heavy atom. The third-order valence-electron chi connectivity index (χ3n) is 1.80. The third-order valence-corrected chi connectivity index (χ3v) is 3.18. The maximum Gasteiger partial charge on any atom is 0.387 e. The molecule has 0 aliphatic rings. The molecule has 1 aromatic rings. The van der Waals surface area contributed by atoms with Crippen molar-refractivity contribution in [3.05, 3.63) is 33.8 Å². The van der Waals surface area contributed by atoms with E-state index in [2.05, 4.69) is 36.6 Å². The SMILES string of the molecule is CC(=Cc1cc(Br)ccc1OC(F)F)CBr. The molecule has 1 nitrogen and oxygen atoms in total. The Hall–Kier alpha value is -0.420. The van der Waals surface area contributed by atoms with Gasteiger partial charge in [-0.2, -0.15) is 8.78 Å². The Bertz CT molecular complexity index is 392. The van der Waals surface area contributed by atoms with Crippen LogP contribution in [0.1, 0.15) is 12.5 Å². The van der Waals surface area contributed by atoms with Crippen LogP contribution in [0.25, 0.3) is 6.08 Å². The molecule has 88 valence electrons. The zero-order valence-electron chi connectivity index (χ0n) is 8.51. The molecule has 0 aliphatic heterocycles. The minimum Gasteiger partial charge on any atom is -0.434 e. The molecule has 0 bridgehead atoms. The highest BCUT2D eigenvalue weighted by Gasteiger charge is 2.08. The number of benzene rings is 1. The Morgan fingerprint density at radius 1 is 1.50 bits per heavy atom. The highest BCUT2D eigenvalue weighted by molar-refractivity contribution is 9.10. The van der Waals surface area contributed by atoms with Crippen LogP contribution < -0.4 is 4.74 Å². The molecular formula is C11H10Br2F2O. The van der Waals surface area contributed by atoms with Gasteiger partial charge in [-0.1, -0.05) is 43.5 Å². The van der Waals surface area contributed by atoms with Crippen LogP contribution in [0.3, 0.4) is 0 Å². The van der Waals surface area contributed by atoms with Crippen LogP contribution in [0.5, 0.6) is 5.75 Å². The van der Waals surface area contributed by atoms with Crippen molar-refractivity contribution < 1.29 is 13.5 Å². The number of rotatable bonds is 4. The normalized spacial score (nSPS) is 12.0. The molecule has 0 saturated carbocycles. The summed E-state index contributed by atoms with van der Waals surface area (Å²) in [5.74, 6) is 0.179. The average molecular weight is 356 g/mol. The van der Waals surface area contributed by atoms with Gasteiger partial charge in [0.2, 0.25) is 0 Å². The molecule has 16 heavy (non-hydrogen) atoms. The van der Waals surface area contributed by atoms with Crippen LogP contribution in [-0.4, -0.2) is 11.9 Å². The van der Waals surface area contributed by atoms with Crippen molar-refractivity contribution in [3.63, 3.8) is 0 Å². The van der Waals surface area contributed by atoms with Gasteiger partial charge < -0.3 is 4.74 Å². The molecular weight excluding hydrogens is 346 g/mol. The summed E-state index contributed by atoms with van der Waals surface area (Å²) in [6.45, 7) is -0.903. The molecule has 1 rings (SSSR count). The molecule has 0 N–H and O–H groups in total. The van der Waals surface area contributed by atoms with Gasteiger partial charge in [-0.25, -0.2) is 0 Å². The van der Waals surface area contributed by atoms with Crippen LogP contribution in [0, 0.1) is 0 Å². The van der Waals surface area contributed by atoms with E-state index in [1.54, 1.807) is 18.2 Å². The number of halogens is 4. The smallest absolute Gasteiger partial charge is 0.387 e. The summed E-state index contributed by atoms with van der Waals surface area (Å²) in [5.41, 5.74) is 1.66. The minimum absolute atomic E-state index is 0.179. The van der Waals surface area contributed by atoms with E-state index in [1.807, 2.05) is 6.92 Å². The van der Waals surface area contributed by atoms with Crippen LogP contribution in [0.4, 0.5) is 8.78 Å². The van der Waals surface area contributed by atoms with Gasteiger partial charge in [-0.3, -0.25) is 0 Å². The molecule has 0 saturated heterocycles.